The van der Waals surface area contributed by atoms with Gasteiger partial charge in [0.2, 0.25) is 0 Å². The molecule has 1 aromatic rings. The highest BCUT2D eigenvalue weighted by molar-refractivity contribution is 7.09. The molecule has 1 aromatic heterocycles. The topological polar surface area (TPSA) is 6.48 Å². The number of hydrogen-bond acceptors (Lipinski definition) is 3. The Bertz CT molecular complexity index is 349. The zero-order valence-electron chi connectivity index (χ0n) is 10.6. The third kappa shape index (κ3) is 2.56. The van der Waals surface area contributed by atoms with Crippen LogP contribution in [0.5, 0.6) is 0 Å². The molecule has 0 N–H and O–H groups in total. The molecule has 3 heterocycles. The van der Waals surface area contributed by atoms with Crippen LogP contribution in [0.2, 0.25) is 0 Å². The van der Waals surface area contributed by atoms with Crippen LogP contribution >= 0.6 is 11.3 Å². The van der Waals surface area contributed by atoms with Gasteiger partial charge in [-0.05, 0) is 44.2 Å². The van der Waals surface area contributed by atoms with Crippen molar-refractivity contribution in [2.75, 3.05) is 26.2 Å². The quantitative estimate of drug-likeness (QED) is 0.813. The van der Waals surface area contributed by atoms with Gasteiger partial charge in [-0.25, -0.2) is 0 Å². The summed E-state index contributed by atoms with van der Waals surface area (Å²) in [6.45, 7) is 7.59. The highest BCUT2D eigenvalue weighted by Gasteiger charge is 2.32. The maximum atomic E-state index is 2.70. The van der Waals surface area contributed by atoms with Gasteiger partial charge in [0.05, 0.1) is 0 Å². The molecule has 94 valence electrons. The normalized spacial score (nSPS) is 28.2. The molecule has 0 bridgehead atoms. The van der Waals surface area contributed by atoms with E-state index in [1.54, 1.807) is 0 Å². The molecule has 0 amide bonds. The molecular formula is C14H22N2S. The summed E-state index contributed by atoms with van der Waals surface area (Å²) in [6, 6.07) is 6.00. The first-order chi connectivity index (χ1) is 8.33. The van der Waals surface area contributed by atoms with Gasteiger partial charge in [0, 0.05) is 36.6 Å². The molecule has 0 radical (unpaired) electrons. The summed E-state index contributed by atoms with van der Waals surface area (Å²) >= 11 is 1.90. The molecule has 2 nitrogen and oxygen atoms in total. The highest BCUT2D eigenvalue weighted by Crippen LogP contribution is 2.24. The first-order valence-electron chi connectivity index (χ1n) is 6.83. The fourth-order valence-electron chi connectivity index (χ4n) is 3.26. The standard InChI is InChI=1S/C14H22N2S/c1-12(10-14-5-3-9-17-14)16-8-7-15-6-2-4-13(15)11-16/h3,5,9,12-13H,2,4,6-8,10-11H2,1H3. The Hall–Kier alpha value is -0.380. The molecule has 0 aliphatic carbocycles. The van der Waals surface area contributed by atoms with Gasteiger partial charge in [0.25, 0.3) is 0 Å². The smallest absolute Gasteiger partial charge is 0.0224 e. The summed E-state index contributed by atoms with van der Waals surface area (Å²) in [4.78, 5) is 6.92. The molecule has 0 aromatic carbocycles. The van der Waals surface area contributed by atoms with Gasteiger partial charge in [0.1, 0.15) is 0 Å². The van der Waals surface area contributed by atoms with Crippen LogP contribution in [0.3, 0.4) is 0 Å². The van der Waals surface area contributed by atoms with Gasteiger partial charge in [-0.2, -0.15) is 0 Å². The van der Waals surface area contributed by atoms with E-state index in [9.17, 15) is 0 Å². The molecule has 2 aliphatic heterocycles. The van der Waals surface area contributed by atoms with Gasteiger partial charge in [-0.1, -0.05) is 6.07 Å². The van der Waals surface area contributed by atoms with E-state index in [4.69, 9.17) is 0 Å². The van der Waals surface area contributed by atoms with Gasteiger partial charge in [0.15, 0.2) is 0 Å². The monoisotopic (exact) mass is 250 g/mol. The number of rotatable bonds is 3. The molecule has 0 spiro atoms. The molecule has 3 rings (SSSR count). The molecule has 2 atom stereocenters. The molecule has 2 fully saturated rings. The van der Waals surface area contributed by atoms with Gasteiger partial charge in [-0.3, -0.25) is 9.80 Å². The highest BCUT2D eigenvalue weighted by atomic mass is 32.1. The maximum absolute atomic E-state index is 2.70. The van der Waals surface area contributed by atoms with E-state index < -0.39 is 0 Å². The summed E-state index contributed by atoms with van der Waals surface area (Å²) in [5.41, 5.74) is 0. The molecule has 2 unspecified atom stereocenters. The predicted octanol–water partition coefficient (Wildman–Crippen LogP) is 2.46. The summed E-state index contributed by atoms with van der Waals surface area (Å²) in [5, 5.41) is 2.19. The van der Waals surface area contributed by atoms with Gasteiger partial charge < -0.3 is 0 Å². The first kappa shape index (κ1) is 11.7. The first-order valence-corrected chi connectivity index (χ1v) is 7.71. The number of hydrogen-bond donors (Lipinski definition) is 0. The lowest BCUT2D eigenvalue weighted by Crippen LogP contribution is -2.53. The lowest BCUT2D eigenvalue weighted by atomic mass is 10.1. The average Bonchev–Trinajstić information content (AvgIpc) is 2.97. The predicted molar refractivity (Wildman–Crippen MR) is 73.7 cm³/mol. The minimum Gasteiger partial charge on any atom is -0.298 e. The Kier molecular flexibility index (Phi) is 3.50. The van der Waals surface area contributed by atoms with E-state index in [0.29, 0.717) is 6.04 Å². The third-order valence-electron chi connectivity index (χ3n) is 4.32. The summed E-state index contributed by atoms with van der Waals surface area (Å²) in [6.07, 6.45) is 4.06. The third-order valence-corrected chi connectivity index (χ3v) is 5.22. The number of thiophene rings is 1. The van der Waals surface area contributed by atoms with Crippen molar-refractivity contribution in [2.24, 2.45) is 0 Å². The summed E-state index contributed by atoms with van der Waals surface area (Å²) < 4.78 is 0. The van der Waals surface area contributed by atoms with Crippen LogP contribution in [0.1, 0.15) is 24.6 Å². The van der Waals surface area contributed by atoms with Crippen molar-refractivity contribution in [1.29, 1.82) is 0 Å². The molecule has 2 aliphatic rings. The fraction of sp³-hybridized carbons (Fsp3) is 0.714. The minimum absolute atomic E-state index is 0.705. The van der Waals surface area contributed by atoms with E-state index in [1.165, 1.54) is 50.3 Å². The van der Waals surface area contributed by atoms with Gasteiger partial charge >= 0.3 is 0 Å². The van der Waals surface area contributed by atoms with Crippen molar-refractivity contribution in [3.05, 3.63) is 22.4 Å². The minimum atomic E-state index is 0.705. The largest absolute Gasteiger partial charge is 0.298 e. The van der Waals surface area contributed by atoms with Crippen molar-refractivity contribution >= 4 is 11.3 Å². The zero-order valence-corrected chi connectivity index (χ0v) is 11.5. The van der Waals surface area contributed by atoms with E-state index >= 15 is 0 Å². The Morgan fingerprint density at radius 3 is 3.18 bits per heavy atom. The van der Waals surface area contributed by atoms with E-state index in [2.05, 4.69) is 34.2 Å². The fourth-order valence-corrected chi connectivity index (χ4v) is 4.09. The van der Waals surface area contributed by atoms with Crippen molar-refractivity contribution in [3.63, 3.8) is 0 Å². The zero-order chi connectivity index (χ0) is 11.7. The van der Waals surface area contributed by atoms with Crippen LogP contribution in [0.4, 0.5) is 0 Å². The van der Waals surface area contributed by atoms with E-state index in [0.717, 1.165) is 6.04 Å². The van der Waals surface area contributed by atoms with Gasteiger partial charge in [-0.15, -0.1) is 11.3 Å². The van der Waals surface area contributed by atoms with Crippen LogP contribution in [0.25, 0.3) is 0 Å². The second-order valence-corrected chi connectivity index (χ2v) is 6.49. The Labute approximate surface area is 108 Å². The second kappa shape index (κ2) is 5.09. The summed E-state index contributed by atoms with van der Waals surface area (Å²) in [7, 11) is 0. The lowest BCUT2D eigenvalue weighted by Gasteiger charge is -2.40. The van der Waals surface area contributed by atoms with Crippen molar-refractivity contribution < 1.29 is 0 Å². The molecule has 2 saturated heterocycles. The maximum Gasteiger partial charge on any atom is 0.0224 e. The van der Waals surface area contributed by atoms with Crippen LogP contribution in [-0.2, 0) is 6.42 Å². The SMILES string of the molecule is CC(Cc1cccs1)N1CCN2CCCC2C1. The summed E-state index contributed by atoms with van der Waals surface area (Å²) in [5.74, 6) is 0. The second-order valence-electron chi connectivity index (χ2n) is 5.46. The number of piperazine rings is 1. The Morgan fingerprint density at radius 2 is 2.35 bits per heavy atom. The number of fused-ring (bicyclic) bond motifs is 1. The van der Waals surface area contributed by atoms with Crippen molar-refractivity contribution in [2.45, 2.75) is 38.3 Å². The Balaban J connectivity index is 1.57. The van der Waals surface area contributed by atoms with Crippen molar-refractivity contribution in [3.8, 4) is 0 Å². The van der Waals surface area contributed by atoms with Crippen LogP contribution in [0, 0.1) is 0 Å². The van der Waals surface area contributed by atoms with E-state index in [-0.39, 0.29) is 0 Å². The molecular weight excluding hydrogens is 228 g/mol. The van der Waals surface area contributed by atoms with Crippen LogP contribution in [-0.4, -0.2) is 48.1 Å². The molecule has 0 saturated carbocycles. The molecule has 3 heteroatoms. The Morgan fingerprint density at radius 1 is 1.41 bits per heavy atom. The molecule has 17 heavy (non-hydrogen) atoms. The number of nitrogens with zero attached hydrogens (tertiary/aromatic N) is 2. The van der Waals surface area contributed by atoms with Crippen LogP contribution < -0.4 is 0 Å². The lowest BCUT2D eigenvalue weighted by molar-refractivity contribution is 0.0774. The average molecular weight is 250 g/mol. The van der Waals surface area contributed by atoms with Crippen molar-refractivity contribution in [1.82, 2.24) is 9.80 Å². The van der Waals surface area contributed by atoms with E-state index in [1.807, 2.05) is 11.3 Å². The van der Waals surface area contributed by atoms with Crippen LogP contribution in [0.15, 0.2) is 17.5 Å².